The Hall–Kier alpha value is -3.97. The van der Waals surface area contributed by atoms with Crippen LogP contribution in [-0.4, -0.2) is 70.7 Å². The summed E-state index contributed by atoms with van der Waals surface area (Å²) in [6.07, 6.45) is -6.64. The van der Waals surface area contributed by atoms with Crippen LogP contribution in [0.1, 0.15) is 22.8 Å². The van der Waals surface area contributed by atoms with Crippen LogP contribution in [0.15, 0.2) is 24.3 Å². The van der Waals surface area contributed by atoms with Crippen molar-refractivity contribution in [2.75, 3.05) is 13.6 Å². The monoisotopic (exact) mass is 526 g/mol. The zero-order valence-corrected chi connectivity index (χ0v) is 19.9. The lowest BCUT2D eigenvalue weighted by atomic mass is 9.88. The molecule has 1 saturated heterocycles. The van der Waals surface area contributed by atoms with E-state index in [2.05, 4.69) is 0 Å². The Morgan fingerprint density at radius 3 is 2.42 bits per heavy atom. The topological polar surface area (TPSA) is 163 Å². The van der Waals surface area contributed by atoms with E-state index in [0.717, 1.165) is 0 Å². The minimum Gasteiger partial charge on any atom is -0.507 e. The first kappa shape index (κ1) is 23.2. The Morgan fingerprint density at radius 1 is 0.868 bits per heavy atom. The van der Waals surface area contributed by atoms with Crippen LogP contribution in [0.2, 0.25) is 0 Å². The van der Waals surface area contributed by atoms with Gasteiger partial charge in [0.2, 0.25) is 19.9 Å². The van der Waals surface area contributed by atoms with Crippen LogP contribution in [0.3, 0.4) is 0 Å². The molecule has 0 radical (unpaired) electrons. The van der Waals surface area contributed by atoms with E-state index >= 15 is 0 Å². The van der Waals surface area contributed by atoms with Gasteiger partial charge in [0.1, 0.15) is 36.4 Å². The molecule has 5 unspecified atom stereocenters. The van der Waals surface area contributed by atoms with Crippen molar-refractivity contribution < 1.29 is 58.4 Å². The standard InChI is InChI=1S/C26H22O12/c1-9-20(28)21(29)22(30)26(37-9)38-23-10-2-3-14-24(36-8-33-14)18(10)17(19-12(23)6-32-25(19)31)11-4-15-16(5-13(11)27)35-7-34-15/h2-5,9,20-22,26-30H,6-8H2,1H3. The third-order valence-corrected chi connectivity index (χ3v) is 7.21. The lowest BCUT2D eigenvalue weighted by Crippen LogP contribution is -2.58. The SMILES string of the molecule is CC1OC(Oc2c3c(c(-c4cc5c(cc4O)OCO5)c4c5c(ccc24)OCO5)C(=O)OC3)C(O)C(O)C1O. The van der Waals surface area contributed by atoms with Crippen molar-refractivity contribution in [1.82, 2.24) is 0 Å². The van der Waals surface area contributed by atoms with Gasteiger partial charge in [0.05, 0.1) is 11.7 Å². The molecule has 198 valence electrons. The lowest BCUT2D eigenvalue weighted by Gasteiger charge is -2.39. The summed E-state index contributed by atoms with van der Waals surface area (Å²) in [4.78, 5) is 13.2. The first-order valence-electron chi connectivity index (χ1n) is 11.9. The number of cyclic esters (lactones) is 1. The summed E-state index contributed by atoms with van der Waals surface area (Å²) >= 11 is 0. The molecule has 0 aliphatic carbocycles. The molecule has 4 N–H and O–H groups in total. The molecule has 1 fully saturated rings. The molecule has 0 spiro atoms. The number of fused-ring (bicyclic) bond motifs is 5. The van der Waals surface area contributed by atoms with Crippen molar-refractivity contribution >= 4 is 16.7 Å². The maximum absolute atomic E-state index is 13.2. The van der Waals surface area contributed by atoms with Gasteiger partial charge in [-0.3, -0.25) is 0 Å². The zero-order valence-electron chi connectivity index (χ0n) is 19.9. The van der Waals surface area contributed by atoms with Crippen LogP contribution in [0, 0.1) is 0 Å². The van der Waals surface area contributed by atoms with Crippen LogP contribution >= 0.6 is 0 Å². The number of carbonyl (C=O) groups excluding carboxylic acids is 1. The van der Waals surface area contributed by atoms with Crippen LogP contribution in [-0.2, 0) is 16.1 Å². The van der Waals surface area contributed by atoms with Crippen molar-refractivity contribution in [1.29, 1.82) is 0 Å². The zero-order chi connectivity index (χ0) is 26.3. The molecule has 0 bridgehead atoms. The molecule has 38 heavy (non-hydrogen) atoms. The molecule has 7 rings (SSSR count). The van der Waals surface area contributed by atoms with Crippen LogP contribution in [0.25, 0.3) is 21.9 Å². The molecule has 4 aliphatic rings. The number of hydrogen-bond donors (Lipinski definition) is 4. The third-order valence-electron chi connectivity index (χ3n) is 7.21. The van der Waals surface area contributed by atoms with E-state index in [9.17, 15) is 25.2 Å². The van der Waals surface area contributed by atoms with Crippen LogP contribution in [0.5, 0.6) is 34.5 Å². The van der Waals surface area contributed by atoms with E-state index in [1.165, 1.54) is 13.0 Å². The predicted molar refractivity (Wildman–Crippen MR) is 125 cm³/mol. The average molecular weight is 526 g/mol. The summed E-state index contributed by atoms with van der Waals surface area (Å²) in [5.41, 5.74) is 1.05. The highest BCUT2D eigenvalue weighted by molar-refractivity contribution is 6.16. The molecule has 5 atom stereocenters. The third kappa shape index (κ3) is 3.21. The Morgan fingerprint density at radius 2 is 1.61 bits per heavy atom. The van der Waals surface area contributed by atoms with Crippen molar-refractivity contribution in [2.24, 2.45) is 0 Å². The molecule has 4 aliphatic heterocycles. The Kier molecular flexibility index (Phi) is 5.04. The molecule has 3 aromatic rings. The summed E-state index contributed by atoms with van der Waals surface area (Å²) in [5.74, 6) is 0.800. The second kappa shape index (κ2) is 8.27. The minimum atomic E-state index is -1.59. The Bertz CT molecular complexity index is 1500. The maximum Gasteiger partial charge on any atom is 0.339 e. The normalized spacial score (nSPS) is 26.9. The van der Waals surface area contributed by atoms with Crippen molar-refractivity contribution in [2.45, 2.75) is 44.2 Å². The number of carbonyl (C=O) groups is 1. The lowest BCUT2D eigenvalue weighted by molar-refractivity contribution is -0.268. The molecule has 4 heterocycles. The average Bonchev–Trinajstić information content (AvgIpc) is 3.65. The van der Waals surface area contributed by atoms with Gasteiger partial charge in [0.25, 0.3) is 0 Å². The van der Waals surface area contributed by atoms with E-state index in [1.54, 1.807) is 18.2 Å². The maximum atomic E-state index is 13.2. The second-order valence-corrected chi connectivity index (χ2v) is 9.38. The summed E-state index contributed by atoms with van der Waals surface area (Å²) in [6, 6.07) is 6.34. The van der Waals surface area contributed by atoms with E-state index in [0.29, 0.717) is 44.9 Å². The van der Waals surface area contributed by atoms with Gasteiger partial charge in [-0.25, -0.2) is 4.79 Å². The first-order valence-corrected chi connectivity index (χ1v) is 11.9. The highest BCUT2D eigenvalue weighted by Crippen LogP contribution is 2.54. The molecule has 3 aromatic carbocycles. The smallest absolute Gasteiger partial charge is 0.339 e. The van der Waals surface area contributed by atoms with Gasteiger partial charge >= 0.3 is 5.97 Å². The second-order valence-electron chi connectivity index (χ2n) is 9.38. The van der Waals surface area contributed by atoms with E-state index in [-0.39, 0.29) is 42.8 Å². The summed E-state index contributed by atoms with van der Waals surface area (Å²) in [7, 11) is 0. The molecule has 0 aromatic heterocycles. The molecular formula is C26H22O12. The number of hydrogen-bond acceptors (Lipinski definition) is 12. The molecule has 12 heteroatoms. The number of aromatic hydroxyl groups is 1. The van der Waals surface area contributed by atoms with Crippen LogP contribution < -0.4 is 23.7 Å². The van der Waals surface area contributed by atoms with Gasteiger partial charge in [-0.05, 0) is 25.1 Å². The number of esters is 1. The minimum absolute atomic E-state index is 0.0130. The number of ether oxygens (including phenoxy) is 7. The fraction of sp³-hybridized carbons (Fsp3) is 0.346. The van der Waals surface area contributed by atoms with Crippen LogP contribution in [0.4, 0.5) is 0 Å². The largest absolute Gasteiger partial charge is 0.507 e. The molecule has 12 nitrogen and oxygen atoms in total. The van der Waals surface area contributed by atoms with Gasteiger partial charge in [0.15, 0.2) is 23.0 Å². The number of aliphatic hydroxyl groups is 3. The summed E-state index contributed by atoms with van der Waals surface area (Å²) in [5, 5.41) is 42.9. The number of phenolic OH excluding ortho intramolecular Hbond substituents is 1. The Labute approximate surface area is 214 Å². The van der Waals surface area contributed by atoms with Crippen molar-refractivity contribution in [3.8, 4) is 45.6 Å². The predicted octanol–water partition coefficient (Wildman–Crippen LogP) is 1.55. The number of benzene rings is 3. The van der Waals surface area contributed by atoms with Gasteiger partial charge in [0, 0.05) is 33.5 Å². The fourth-order valence-electron chi connectivity index (χ4n) is 5.30. The van der Waals surface area contributed by atoms with Gasteiger partial charge in [-0.15, -0.1) is 0 Å². The Balaban J connectivity index is 1.50. The molecular weight excluding hydrogens is 504 g/mol. The highest BCUT2D eigenvalue weighted by atomic mass is 16.7. The van der Waals surface area contributed by atoms with Crippen molar-refractivity contribution in [3.63, 3.8) is 0 Å². The summed E-state index contributed by atoms with van der Waals surface area (Å²) in [6.45, 7) is 1.30. The number of rotatable bonds is 3. The van der Waals surface area contributed by atoms with E-state index in [4.69, 9.17) is 33.2 Å². The number of aliphatic hydroxyl groups excluding tert-OH is 3. The fourth-order valence-corrected chi connectivity index (χ4v) is 5.30. The van der Waals surface area contributed by atoms with Gasteiger partial charge in [-0.1, -0.05) is 0 Å². The van der Waals surface area contributed by atoms with Crippen molar-refractivity contribution in [3.05, 3.63) is 35.4 Å². The summed E-state index contributed by atoms with van der Waals surface area (Å²) < 4.78 is 39.5. The highest BCUT2D eigenvalue weighted by Gasteiger charge is 2.45. The quantitative estimate of drug-likeness (QED) is 0.365. The van der Waals surface area contributed by atoms with E-state index < -0.39 is 36.7 Å². The number of phenols is 1. The molecule has 0 saturated carbocycles. The van der Waals surface area contributed by atoms with E-state index in [1.807, 2.05) is 0 Å². The van der Waals surface area contributed by atoms with Gasteiger partial charge in [-0.2, -0.15) is 0 Å². The molecule has 0 amide bonds. The van der Waals surface area contributed by atoms with Gasteiger partial charge < -0.3 is 53.6 Å². The first-order chi connectivity index (χ1) is 18.3.